The summed E-state index contributed by atoms with van der Waals surface area (Å²) < 4.78 is 18.0. The summed E-state index contributed by atoms with van der Waals surface area (Å²) in [5, 5.41) is 3.94. The molecule has 1 N–H and O–H groups in total. The summed E-state index contributed by atoms with van der Waals surface area (Å²) in [6, 6.07) is 4.67. The maximum atomic E-state index is 13.0. The molecule has 1 aliphatic rings. The van der Waals surface area contributed by atoms with E-state index < -0.39 is 0 Å². The molecule has 1 fully saturated rings. The summed E-state index contributed by atoms with van der Waals surface area (Å²) in [4.78, 5) is 0. The van der Waals surface area contributed by atoms with Crippen molar-refractivity contribution in [3.8, 4) is 0 Å². The van der Waals surface area contributed by atoms with Crippen molar-refractivity contribution in [1.82, 2.24) is 5.32 Å². The molecule has 0 heterocycles. The van der Waals surface area contributed by atoms with Gasteiger partial charge in [-0.25, -0.2) is 4.39 Å². The van der Waals surface area contributed by atoms with Crippen LogP contribution < -0.4 is 5.32 Å². The Morgan fingerprint density at radius 1 is 1.44 bits per heavy atom. The predicted molar refractivity (Wildman–Crippen MR) is 71.5 cm³/mol. The lowest BCUT2D eigenvalue weighted by Crippen LogP contribution is -2.28. The first kappa shape index (κ1) is 13.8. The van der Waals surface area contributed by atoms with Crippen LogP contribution in [0.15, 0.2) is 18.2 Å². The lowest BCUT2D eigenvalue weighted by molar-refractivity contribution is 0.197. The van der Waals surface area contributed by atoms with Crippen LogP contribution in [0.3, 0.4) is 0 Å². The predicted octanol–water partition coefficient (Wildman–Crippen LogP) is 3.04. The minimum atomic E-state index is -0.271. The first-order valence-corrected chi connectivity index (χ1v) is 6.67. The van der Waals surface area contributed by atoms with Crippen molar-refractivity contribution in [2.75, 3.05) is 26.8 Å². The first-order valence-electron chi connectivity index (χ1n) is 6.29. The summed E-state index contributed by atoms with van der Waals surface area (Å²) in [6.45, 7) is 2.58. The molecule has 0 saturated heterocycles. The van der Waals surface area contributed by atoms with Gasteiger partial charge in [0.15, 0.2) is 0 Å². The Morgan fingerprint density at radius 3 is 2.83 bits per heavy atom. The molecule has 0 spiro atoms. The second-order valence-corrected chi connectivity index (χ2v) is 5.49. The highest BCUT2D eigenvalue weighted by molar-refractivity contribution is 6.31. The van der Waals surface area contributed by atoms with Gasteiger partial charge in [-0.1, -0.05) is 17.7 Å². The highest BCUT2D eigenvalue weighted by atomic mass is 35.5. The largest absolute Gasteiger partial charge is 0.383 e. The lowest BCUT2D eigenvalue weighted by atomic mass is 9.96. The molecular weight excluding hydrogens is 253 g/mol. The van der Waals surface area contributed by atoms with Crippen LogP contribution in [0.4, 0.5) is 4.39 Å². The average molecular weight is 272 g/mol. The van der Waals surface area contributed by atoms with Crippen molar-refractivity contribution in [1.29, 1.82) is 0 Å². The normalized spacial score (nSPS) is 16.8. The first-order chi connectivity index (χ1) is 8.65. The van der Waals surface area contributed by atoms with Crippen molar-refractivity contribution in [3.63, 3.8) is 0 Å². The molecule has 2 nitrogen and oxygen atoms in total. The van der Waals surface area contributed by atoms with E-state index in [0.717, 1.165) is 31.7 Å². The van der Waals surface area contributed by atoms with Crippen molar-refractivity contribution in [2.45, 2.75) is 19.3 Å². The SMILES string of the molecule is COCCNCC1(Cc2ccc(F)cc2Cl)CC1. The second-order valence-electron chi connectivity index (χ2n) is 5.08. The summed E-state index contributed by atoms with van der Waals surface area (Å²) in [6.07, 6.45) is 3.34. The Labute approximate surface area is 112 Å². The van der Waals surface area contributed by atoms with E-state index in [1.54, 1.807) is 13.2 Å². The molecule has 0 amide bonds. The van der Waals surface area contributed by atoms with Gasteiger partial charge in [-0.3, -0.25) is 0 Å². The van der Waals surface area contributed by atoms with E-state index in [0.29, 0.717) is 10.4 Å². The Hall–Kier alpha value is -0.640. The fourth-order valence-corrected chi connectivity index (χ4v) is 2.42. The van der Waals surface area contributed by atoms with Gasteiger partial charge in [-0.2, -0.15) is 0 Å². The maximum absolute atomic E-state index is 13.0. The van der Waals surface area contributed by atoms with Gasteiger partial charge in [0, 0.05) is 25.2 Å². The third kappa shape index (κ3) is 3.67. The maximum Gasteiger partial charge on any atom is 0.124 e. The van der Waals surface area contributed by atoms with Crippen molar-refractivity contribution in [2.24, 2.45) is 5.41 Å². The third-order valence-corrected chi connectivity index (χ3v) is 3.87. The monoisotopic (exact) mass is 271 g/mol. The number of nitrogens with one attached hydrogen (secondary N) is 1. The molecule has 1 aromatic carbocycles. The van der Waals surface area contributed by atoms with Gasteiger partial charge in [-0.15, -0.1) is 0 Å². The second kappa shape index (κ2) is 6.00. The molecule has 100 valence electrons. The third-order valence-electron chi connectivity index (χ3n) is 3.52. The fraction of sp³-hybridized carbons (Fsp3) is 0.571. The Morgan fingerprint density at radius 2 is 2.22 bits per heavy atom. The topological polar surface area (TPSA) is 21.3 Å². The van der Waals surface area contributed by atoms with E-state index in [-0.39, 0.29) is 5.82 Å². The van der Waals surface area contributed by atoms with Crippen LogP contribution >= 0.6 is 11.6 Å². The van der Waals surface area contributed by atoms with Crippen LogP contribution in [0.25, 0.3) is 0 Å². The molecule has 0 aliphatic heterocycles. The van der Waals surface area contributed by atoms with Crippen LogP contribution in [0, 0.1) is 11.2 Å². The van der Waals surface area contributed by atoms with Gasteiger partial charge in [0.25, 0.3) is 0 Å². The van der Waals surface area contributed by atoms with Crippen LogP contribution in [0.1, 0.15) is 18.4 Å². The van der Waals surface area contributed by atoms with Crippen molar-refractivity contribution >= 4 is 11.6 Å². The average Bonchev–Trinajstić information content (AvgIpc) is 3.09. The number of methoxy groups -OCH3 is 1. The molecule has 1 aromatic rings. The van der Waals surface area contributed by atoms with Gasteiger partial charge in [0.05, 0.1) is 6.61 Å². The molecule has 0 bridgehead atoms. The summed E-state index contributed by atoms with van der Waals surface area (Å²) in [7, 11) is 1.70. The van der Waals surface area contributed by atoms with Crippen LogP contribution in [0.5, 0.6) is 0 Å². The standard InChI is InChI=1S/C14H19ClFNO/c1-18-7-6-17-10-14(4-5-14)9-11-2-3-12(16)8-13(11)15/h2-3,8,17H,4-7,9-10H2,1H3. The zero-order chi connectivity index (χ0) is 13.0. The molecule has 0 aromatic heterocycles. The van der Waals surface area contributed by atoms with Gasteiger partial charge in [0.1, 0.15) is 5.82 Å². The van der Waals surface area contributed by atoms with E-state index in [9.17, 15) is 4.39 Å². The molecule has 1 aliphatic carbocycles. The Bertz CT molecular complexity index is 407. The molecule has 0 unspecified atom stereocenters. The van der Waals surface area contributed by atoms with Gasteiger partial charge in [0.2, 0.25) is 0 Å². The highest BCUT2D eigenvalue weighted by Crippen LogP contribution is 2.48. The molecular formula is C14H19ClFNO. The number of halogens is 2. The van der Waals surface area contributed by atoms with Gasteiger partial charge in [-0.05, 0) is 42.4 Å². The van der Waals surface area contributed by atoms with Gasteiger partial charge < -0.3 is 10.1 Å². The number of benzene rings is 1. The zero-order valence-electron chi connectivity index (χ0n) is 10.6. The van der Waals surface area contributed by atoms with E-state index in [2.05, 4.69) is 5.32 Å². The fourth-order valence-electron chi connectivity index (χ4n) is 2.19. The highest BCUT2D eigenvalue weighted by Gasteiger charge is 2.42. The van der Waals surface area contributed by atoms with Crippen molar-refractivity contribution < 1.29 is 9.13 Å². The quantitative estimate of drug-likeness (QED) is 0.770. The molecule has 1 saturated carbocycles. The smallest absolute Gasteiger partial charge is 0.124 e. The molecule has 0 radical (unpaired) electrons. The summed E-state index contributed by atoms with van der Waals surface area (Å²) >= 11 is 6.07. The minimum Gasteiger partial charge on any atom is -0.383 e. The lowest BCUT2D eigenvalue weighted by Gasteiger charge is -2.17. The number of ether oxygens (including phenoxy) is 1. The minimum absolute atomic E-state index is 0.271. The molecule has 18 heavy (non-hydrogen) atoms. The Balaban J connectivity index is 1.88. The summed E-state index contributed by atoms with van der Waals surface area (Å²) in [5.74, 6) is -0.271. The van der Waals surface area contributed by atoms with E-state index in [1.807, 2.05) is 0 Å². The van der Waals surface area contributed by atoms with E-state index >= 15 is 0 Å². The molecule has 4 heteroatoms. The van der Waals surface area contributed by atoms with E-state index in [4.69, 9.17) is 16.3 Å². The zero-order valence-corrected chi connectivity index (χ0v) is 11.4. The number of hydrogen-bond acceptors (Lipinski definition) is 2. The number of hydrogen-bond donors (Lipinski definition) is 1. The van der Waals surface area contributed by atoms with Crippen LogP contribution in [-0.4, -0.2) is 26.8 Å². The van der Waals surface area contributed by atoms with Crippen LogP contribution in [0.2, 0.25) is 5.02 Å². The summed E-state index contributed by atoms with van der Waals surface area (Å²) in [5.41, 5.74) is 1.36. The van der Waals surface area contributed by atoms with Crippen molar-refractivity contribution in [3.05, 3.63) is 34.6 Å². The molecule has 0 atom stereocenters. The Kier molecular flexibility index (Phi) is 4.60. The van der Waals surface area contributed by atoms with Gasteiger partial charge >= 0.3 is 0 Å². The molecule has 2 rings (SSSR count). The van der Waals surface area contributed by atoms with E-state index in [1.165, 1.54) is 25.0 Å². The number of rotatable bonds is 7. The van der Waals surface area contributed by atoms with Crippen LogP contribution in [-0.2, 0) is 11.2 Å².